The van der Waals surface area contributed by atoms with E-state index >= 15 is 0 Å². The quantitative estimate of drug-likeness (QED) is 0.861. The molecule has 1 unspecified atom stereocenters. The van der Waals surface area contributed by atoms with E-state index in [1.807, 2.05) is 19.1 Å². The van der Waals surface area contributed by atoms with Crippen molar-refractivity contribution in [2.75, 3.05) is 12.4 Å². The molecule has 0 bridgehead atoms. The molecule has 120 valence electrons. The summed E-state index contributed by atoms with van der Waals surface area (Å²) in [6.07, 6.45) is -0.899. The highest BCUT2D eigenvalue weighted by Gasteiger charge is 2.19. The van der Waals surface area contributed by atoms with Crippen LogP contribution in [0.4, 0.5) is 5.69 Å². The number of amides is 1. The highest BCUT2D eigenvalue weighted by Crippen LogP contribution is 2.16. The van der Waals surface area contributed by atoms with Gasteiger partial charge >= 0.3 is 5.97 Å². The van der Waals surface area contributed by atoms with Gasteiger partial charge in [-0.25, -0.2) is 4.79 Å². The van der Waals surface area contributed by atoms with Crippen LogP contribution in [0.5, 0.6) is 5.75 Å². The van der Waals surface area contributed by atoms with Crippen LogP contribution in [0.3, 0.4) is 0 Å². The number of nitrogens with one attached hydrogen (secondary N) is 1. The van der Waals surface area contributed by atoms with Crippen molar-refractivity contribution in [3.8, 4) is 5.75 Å². The molecule has 5 nitrogen and oxygen atoms in total. The van der Waals surface area contributed by atoms with Gasteiger partial charge in [0.25, 0.3) is 5.91 Å². The molecule has 0 aliphatic rings. The molecule has 0 radical (unpaired) electrons. The minimum atomic E-state index is -0.899. The number of hydrogen-bond donors (Lipinski definition) is 1. The molecule has 2 aromatic rings. The molecule has 23 heavy (non-hydrogen) atoms. The van der Waals surface area contributed by atoms with Crippen LogP contribution in [0.2, 0.25) is 0 Å². The van der Waals surface area contributed by atoms with E-state index in [1.54, 1.807) is 43.5 Å². The zero-order valence-corrected chi connectivity index (χ0v) is 13.3. The fourth-order valence-corrected chi connectivity index (χ4v) is 2.00. The molecule has 0 aromatic heterocycles. The molecule has 5 heteroatoms. The standard InChI is InChI=1S/C18H19NO4/c1-12-6-4-5-7-16(12)18(21)23-13(2)17(20)19-14-8-10-15(22-3)11-9-14/h4-11,13H,1-3H3,(H,19,20). The van der Waals surface area contributed by atoms with Gasteiger partial charge in [0.05, 0.1) is 12.7 Å². The number of methoxy groups -OCH3 is 1. The van der Waals surface area contributed by atoms with Gasteiger partial charge in [0.2, 0.25) is 0 Å². The molecule has 0 spiro atoms. The SMILES string of the molecule is COc1ccc(NC(=O)C(C)OC(=O)c2ccccc2C)cc1. The minimum absolute atomic E-state index is 0.392. The van der Waals surface area contributed by atoms with Crippen LogP contribution in [-0.4, -0.2) is 25.1 Å². The third-order valence-electron chi connectivity index (χ3n) is 3.38. The molecular weight excluding hydrogens is 294 g/mol. The number of benzene rings is 2. The first kappa shape index (κ1) is 16.5. The Hall–Kier alpha value is -2.82. The summed E-state index contributed by atoms with van der Waals surface area (Å²) in [6.45, 7) is 3.35. The Morgan fingerprint density at radius 1 is 1.04 bits per heavy atom. The highest BCUT2D eigenvalue weighted by molar-refractivity contribution is 5.97. The monoisotopic (exact) mass is 313 g/mol. The molecular formula is C18H19NO4. The van der Waals surface area contributed by atoms with Crippen molar-refractivity contribution in [2.24, 2.45) is 0 Å². The van der Waals surface area contributed by atoms with Crippen molar-refractivity contribution < 1.29 is 19.1 Å². The van der Waals surface area contributed by atoms with Gasteiger partial charge in [-0.3, -0.25) is 4.79 Å². The minimum Gasteiger partial charge on any atom is -0.497 e. The van der Waals surface area contributed by atoms with Crippen molar-refractivity contribution in [2.45, 2.75) is 20.0 Å². The van der Waals surface area contributed by atoms with Crippen molar-refractivity contribution >= 4 is 17.6 Å². The summed E-state index contributed by atoms with van der Waals surface area (Å²) >= 11 is 0. The second-order valence-corrected chi connectivity index (χ2v) is 5.08. The van der Waals surface area contributed by atoms with Crippen LogP contribution in [0, 0.1) is 6.92 Å². The number of aryl methyl sites for hydroxylation is 1. The van der Waals surface area contributed by atoms with Gasteiger partial charge in [-0.05, 0) is 49.7 Å². The van der Waals surface area contributed by atoms with E-state index < -0.39 is 18.0 Å². The van der Waals surface area contributed by atoms with Gasteiger partial charge in [0, 0.05) is 5.69 Å². The smallest absolute Gasteiger partial charge is 0.339 e. The predicted octanol–water partition coefficient (Wildman–Crippen LogP) is 3.19. The second-order valence-electron chi connectivity index (χ2n) is 5.08. The van der Waals surface area contributed by atoms with Crippen molar-refractivity contribution in [1.82, 2.24) is 0 Å². The topological polar surface area (TPSA) is 64.6 Å². The number of carbonyl (C=O) groups excluding carboxylic acids is 2. The van der Waals surface area contributed by atoms with E-state index in [0.717, 1.165) is 5.56 Å². The molecule has 1 amide bonds. The number of carbonyl (C=O) groups is 2. The van der Waals surface area contributed by atoms with E-state index in [9.17, 15) is 9.59 Å². The fourth-order valence-electron chi connectivity index (χ4n) is 2.00. The van der Waals surface area contributed by atoms with Crippen LogP contribution in [0.15, 0.2) is 48.5 Å². The van der Waals surface area contributed by atoms with Crippen LogP contribution in [-0.2, 0) is 9.53 Å². The number of esters is 1. The zero-order valence-electron chi connectivity index (χ0n) is 13.3. The first-order chi connectivity index (χ1) is 11.0. The van der Waals surface area contributed by atoms with Gasteiger partial charge < -0.3 is 14.8 Å². The Bertz CT molecular complexity index is 694. The Kier molecular flexibility index (Phi) is 5.36. The largest absolute Gasteiger partial charge is 0.497 e. The average Bonchev–Trinajstić information content (AvgIpc) is 2.55. The van der Waals surface area contributed by atoms with E-state index in [0.29, 0.717) is 17.0 Å². The summed E-state index contributed by atoms with van der Waals surface area (Å²) in [5.41, 5.74) is 1.87. The molecule has 0 saturated heterocycles. The molecule has 2 aromatic carbocycles. The lowest BCUT2D eigenvalue weighted by Gasteiger charge is -2.14. The summed E-state index contributed by atoms with van der Waals surface area (Å²) < 4.78 is 10.3. The summed E-state index contributed by atoms with van der Waals surface area (Å²) in [5.74, 6) is -0.209. The van der Waals surface area contributed by atoms with Gasteiger partial charge in [-0.15, -0.1) is 0 Å². The number of rotatable bonds is 5. The molecule has 0 saturated carbocycles. The first-order valence-corrected chi connectivity index (χ1v) is 7.23. The fraction of sp³-hybridized carbons (Fsp3) is 0.222. The first-order valence-electron chi connectivity index (χ1n) is 7.23. The van der Waals surface area contributed by atoms with Gasteiger partial charge in [-0.1, -0.05) is 18.2 Å². The summed E-state index contributed by atoms with van der Waals surface area (Å²) in [6, 6.07) is 14.0. The second kappa shape index (κ2) is 7.45. The van der Waals surface area contributed by atoms with E-state index in [-0.39, 0.29) is 0 Å². The van der Waals surface area contributed by atoms with Crippen LogP contribution in [0.1, 0.15) is 22.8 Å². The van der Waals surface area contributed by atoms with Gasteiger partial charge in [0.15, 0.2) is 6.10 Å². The maximum atomic E-state index is 12.1. The maximum absolute atomic E-state index is 12.1. The highest BCUT2D eigenvalue weighted by atomic mass is 16.5. The molecule has 0 aliphatic heterocycles. The third kappa shape index (κ3) is 4.32. The average molecular weight is 313 g/mol. The lowest BCUT2D eigenvalue weighted by molar-refractivity contribution is -0.123. The maximum Gasteiger partial charge on any atom is 0.339 e. The number of hydrogen-bond acceptors (Lipinski definition) is 4. The zero-order chi connectivity index (χ0) is 16.8. The lowest BCUT2D eigenvalue weighted by Crippen LogP contribution is -2.30. The Balaban J connectivity index is 1.96. The van der Waals surface area contributed by atoms with Crippen molar-refractivity contribution in [3.05, 3.63) is 59.7 Å². The molecule has 1 atom stereocenters. The van der Waals surface area contributed by atoms with Gasteiger partial charge in [-0.2, -0.15) is 0 Å². The van der Waals surface area contributed by atoms with E-state index in [1.165, 1.54) is 6.92 Å². The van der Waals surface area contributed by atoms with E-state index in [4.69, 9.17) is 9.47 Å². The normalized spacial score (nSPS) is 11.4. The van der Waals surface area contributed by atoms with Crippen LogP contribution >= 0.6 is 0 Å². The molecule has 1 N–H and O–H groups in total. The summed E-state index contributed by atoms with van der Waals surface area (Å²) in [7, 11) is 1.57. The van der Waals surface area contributed by atoms with Crippen LogP contribution < -0.4 is 10.1 Å². The molecule has 0 aliphatic carbocycles. The van der Waals surface area contributed by atoms with E-state index in [2.05, 4.69) is 5.32 Å². The van der Waals surface area contributed by atoms with Gasteiger partial charge in [0.1, 0.15) is 5.75 Å². The summed E-state index contributed by atoms with van der Waals surface area (Å²) in [5, 5.41) is 2.69. The number of anilines is 1. The third-order valence-corrected chi connectivity index (χ3v) is 3.38. The molecule has 0 fully saturated rings. The van der Waals surface area contributed by atoms with Crippen molar-refractivity contribution in [3.63, 3.8) is 0 Å². The van der Waals surface area contributed by atoms with Crippen molar-refractivity contribution in [1.29, 1.82) is 0 Å². The predicted molar refractivity (Wildman–Crippen MR) is 87.7 cm³/mol. The molecule has 0 heterocycles. The number of ether oxygens (including phenoxy) is 2. The Morgan fingerprint density at radius 2 is 1.70 bits per heavy atom. The van der Waals surface area contributed by atoms with Crippen LogP contribution in [0.25, 0.3) is 0 Å². The summed E-state index contributed by atoms with van der Waals surface area (Å²) in [4.78, 5) is 24.2. The Morgan fingerprint density at radius 3 is 2.30 bits per heavy atom. The Labute approximate surface area is 135 Å². The lowest BCUT2D eigenvalue weighted by atomic mass is 10.1. The molecule has 2 rings (SSSR count).